The van der Waals surface area contributed by atoms with Gasteiger partial charge in [0.25, 0.3) is 0 Å². The second-order valence-corrected chi connectivity index (χ2v) is 3.74. The smallest absolute Gasteiger partial charge is 0.0488 e. The summed E-state index contributed by atoms with van der Waals surface area (Å²) in [6, 6.07) is 0.485. The molecule has 0 amide bonds. The fourth-order valence-corrected chi connectivity index (χ4v) is 1.70. The molecule has 1 aliphatic rings. The van der Waals surface area contributed by atoms with Crippen LogP contribution in [0, 0.1) is 5.92 Å². The lowest BCUT2D eigenvalue weighted by molar-refractivity contribution is 0.370. The summed E-state index contributed by atoms with van der Waals surface area (Å²) in [5, 5.41) is 0. The highest BCUT2D eigenvalue weighted by molar-refractivity contribution is 5.19. The first-order chi connectivity index (χ1) is 6.16. The molecule has 0 spiro atoms. The minimum Gasteiger partial charge on any atom is -0.345 e. The molecule has 1 heteroatoms. The Morgan fingerprint density at radius 2 is 2.08 bits per heavy atom. The topological polar surface area (TPSA) is 3.24 Å². The van der Waals surface area contributed by atoms with Crippen LogP contribution in [-0.4, -0.2) is 10.9 Å². The summed E-state index contributed by atoms with van der Waals surface area (Å²) in [4.78, 5) is 2.32. The molecule has 1 aliphatic heterocycles. The zero-order valence-corrected chi connectivity index (χ0v) is 8.99. The van der Waals surface area contributed by atoms with Crippen LogP contribution in [0.15, 0.2) is 36.2 Å². The van der Waals surface area contributed by atoms with Crippen molar-refractivity contribution in [1.29, 1.82) is 0 Å². The van der Waals surface area contributed by atoms with Gasteiger partial charge in [0.15, 0.2) is 0 Å². The quantitative estimate of drug-likeness (QED) is 0.625. The summed E-state index contributed by atoms with van der Waals surface area (Å²) in [6.45, 7) is 8.78. The molecule has 0 fully saturated rings. The molecule has 0 radical (unpaired) electrons. The number of hydrogen-bond donors (Lipinski definition) is 0. The van der Waals surface area contributed by atoms with Crippen LogP contribution >= 0.6 is 0 Å². The molecule has 1 rings (SSSR count). The van der Waals surface area contributed by atoms with Gasteiger partial charge in [-0.3, -0.25) is 0 Å². The zero-order chi connectivity index (χ0) is 9.84. The summed E-state index contributed by atoms with van der Waals surface area (Å²) in [5.74, 6) is 0.587. The maximum atomic E-state index is 2.32. The molecular weight excluding hydrogens is 158 g/mol. The van der Waals surface area contributed by atoms with E-state index < -0.39 is 0 Å². The molecule has 0 aromatic carbocycles. The van der Waals surface area contributed by atoms with Crippen LogP contribution in [0.5, 0.6) is 0 Å². The number of allylic oxidation sites excluding steroid dienone is 4. The van der Waals surface area contributed by atoms with Gasteiger partial charge in [-0.1, -0.05) is 32.1 Å². The normalized spacial score (nSPS) is 23.0. The van der Waals surface area contributed by atoms with Gasteiger partial charge in [0.05, 0.1) is 0 Å². The monoisotopic (exact) mass is 177 g/mol. The Hall–Kier alpha value is -0.980. The minimum absolute atomic E-state index is 0.485. The first-order valence-corrected chi connectivity index (χ1v) is 4.96. The van der Waals surface area contributed by atoms with Crippen molar-refractivity contribution in [1.82, 2.24) is 4.90 Å². The van der Waals surface area contributed by atoms with Gasteiger partial charge in [0.2, 0.25) is 0 Å². The molecule has 0 bridgehead atoms. The molecule has 0 saturated heterocycles. The van der Waals surface area contributed by atoms with Crippen molar-refractivity contribution in [2.75, 3.05) is 0 Å². The highest BCUT2D eigenvalue weighted by atomic mass is 15.1. The molecule has 0 aromatic heterocycles. The van der Waals surface area contributed by atoms with Crippen LogP contribution in [-0.2, 0) is 0 Å². The highest BCUT2D eigenvalue weighted by Crippen LogP contribution is 2.21. The highest BCUT2D eigenvalue weighted by Gasteiger charge is 2.15. The summed E-state index contributed by atoms with van der Waals surface area (Å²) < 4.78 is 0. The van der Waals surface area contributed by atoms with E-state index in [4.69, 9.17) is 0 Å². The lowest BCUT2D eigenvalue weighted by atomic mass is 10.1. The first-order valence-electron chi connectivity index (χ1n) is 4.96. The molecule has 1 heterocycles. The number of nitrogens with zero attached hydrogens (tertiary/aromatic N) is 1. The van der Waals surface area contributed by atoms with E-state index in [2.05, 4.69) is 63.1 Å². The van der Waals surface area contributed by atoms with Crippen LogP contribution in [0.4, 0.5) is 0 Å². The van der Waals surface area contributed by atoms with Crippen molar-refractivity contribution in [3.63, 3.8) is 0 Å². The molecule has 0 saturated carbocycles. The van der Waals surface area contributed by atoms with Crippen LogP contribution < -0.4 is 0 Å². The Bertz CT molecular complexity index is 246. The van der Waals surface area contributed by atoms with Crippen molar-refractivity contribution in [3.8, 4) is 0 Å². The summed E-state index contributed by atoms with van der Waals surface area (Å²) in [7, 11) is 0. The van der Waals surface area contributed by atoms with Gasteiger partial charge in [-0.2, -0.15) is 0 Å². The third-order valence-electron chi connectivity index (χ3n) is 2.37. The van der Waals surface area contributed by atoms with Gasteiger partial charge in [0.1, 0.15) is 0 Å². The van der Waals surface area contributed by atoms with Gasteiger partial charge in [-0.15, -0.1) is 0 Å². The maximum absolute atomic E-state index is 2.32. The van der Waals surface area contributed by atoms with Crippen molar-refractivity contribution < 1.29 is 0 Å². The summed E-state index contributed by atoms with van der Waals surface area (Å²) in [5.41, 5.74) is 1.40. The van der Waals surface area contributed by atoms with Crippen LogP contribution in [0.25, 0.3) is 0 Å². The average molecular weight is 177 g/mol. The van der Waals surface area contributed by atoms with Crippen molar-refractivity contribution in [2.24, 2.45) is 5.92 Å². The van der Waals surface area contributed by atoms with Crippen molar-refractivity contribution in [3.05, 3.63) is 36.2 Å². The third-order valence-corrected chi connectivity index (χ3v) is 2.37. The Kier molecular flexibility index (Phi) is 3.35. The second kappa shape index (κ2) is 4.31. The number of rotatable bonds is 2. The van der Waals surface area contributed by atoms with Gasteiger partial charge in [0, 0.05) is 17.9 Å². The first kappa shape index (κ1) is 10.1. The van der Waals surface area contributed by atoms with Gasteiger partial charge >= 0.3 is 0 Å². The summed E-state index contributed by atoms with van der Waals surface area (Å²) >= 11 is 0. The zero-order valence-electron chi connectivity index (χ0n) is 8.99. The van der Waals surface area contributed by atoms with Crippen LogP contribution in [0.1, 0.15) is 27.7 Å². The molecule has 72 valence electrons. The van der Waals surface area contributed by atoms with E-state index in [0.29, 0.717) is 12.0 Å². The van der Waals surface area contributed by atoms with Gasteiger partial charge < -0.3 is 4.90 Å². The molecule has 1 nitrogen and oxygen atoms in total. The fourth-order valence-electron chi connectivity index (χ4n) is 1.70. The van der Waals surface area contributed by atoms with E-state index in [1.54, 1.807) is 0 Å². The molecule has 13 heavy (non-hydrogen) atoms. The molecule has 0 aromatic rings. The predicted octanol–water partition coefficient (Wildman–Crippen LogP) is 3.32. The number of hydrogen-bond acceptors (Lipinski definition) is 1. The molecule has 1 unspecified atom stereocenters. The Labute approximate surface area is 81.4 Å². The van der Waals surface area contributed by atoms with E-state index in [-0.39, 0.29) is 0 Å². The Morgan fingerprint density at radius 3 is 2.54 bits per heavy atom. The van der Waals surface area contributed by atoms with E-state index >= 15 is 0 Å². The Morgan fingerprint density at radius 1 is 1.38 bits per heavy atom. The molecule has 1 atom stereocenters. The molecule has 0 aliphatic carbocycles. The third kappa shape index (κ3) is 2.24. The van der Waals surface area contributed by atoms with Gasteiger partial charge in [-0.25, -0.2) is 0 Å². The SMILES string of the molecule is C/C=C(/C(C)C)N1C=CC=CC1C. The van der Waals surface area contributed by atoms with E-state index in [1.165, 1.54) is 5.70 Å². The van der Waals surface area contributed by atoms with Crippen LogP contribution in [0.2, 0.25) is 0 Å². The van der Waals surface area contributed by atoms with E-state index in [1.807, 2.05) is 0 Å². The fraction of sp³-hybridized carbons (Fsp3) is 0.500. The van der Waals surface area contributed by atoms with Crippen molar-refractivity contribution >= 4 is 0 Å². The van der Waals surface area contributed by atoms with E-state index in [0.717, 1.165) is 0 Å². The molecule has 0 N–H and O–H groups in total. The van der Waals surface area contributed by atoms with Crippen molar-refractivity contribution in [2.45, 2.75) is 33.7 Å². The van der Waals surface area contributed by atoms with Gasteiger partial charge in [-0.05, 0) is 25.8 Å². The van der Waals surface area contributed by atoms with E-state index in [9.17, 15) is 0 Å². The minimum atomic E-state index is 0.485. The predicted molar refractivity (Wildman–Crippen MR) is 58.2 cm³/mol. The maximum Gasteiger partial charge on any atom is 0.0488 e. The lowest BCUT2D eigenvalue weighted by Gasteiger charge is -2.32. The van der Waals surface area contributed by atoms with Crippen LogP contribution in [0.3, 0.4) is 0 Å². The Balaban J connectivity index is 2.81. The average Bonchev–Trinajstić information content (AvgIpc) is 2.09. The molecular formula is C12H19N. The lowest BCUT2D eigenvalue weighted by Crippen LogP contribution is -2.29. The summed E-state index contributed by atoms with van der Waals surface area (Å²) in [6.07, 6.45) is 10.8. The second-order valence-electron chi connectivity index (χ2n) is 3.74. The standard InChI is InChI=1S/C12H19N/c1-5-12(10(2)3)13-9-7-6-8-11(13)4/h5-11H,1-4H3/b12-5-. The largest absolute Gasteiger partial charge is 0.345 e.